The minimum atomic E-state index is -3.28. The molecule has 4 rings (SSSR count). The number of methoxy groups -OCH3 is 1. The van der Waals surface area contributed by atoms with Crippen LogP contribution in [0.4, 0.5) is 0 Å². The van der Waals surface area contributed by atoms with Gasteiger partial charge in [-0.2, -0.15) is 0 Å². The van der Waals surface area contributed by atoms with Gasteiger partial charge in [0.15, 0.2) is 9.84 Å². The fourth-order valence-electron chi connectivity index (χ4n) is 3.46. The van der Waals surface area contributed by atoms with Crippen molar-refractivity contribution in [2.45, 2.75) is 11.7 Å². The Morgan fingerprint density at radius 3 is 2.85 bits per heavy atom. The minimum absolute atomic E-state index is 0.0185. The first-order chi connectivity index (χ1) is 13.0. The molecule has 0 radical (unpaired) electrons. The number of benzene rings is 1. The van der Waals surface area contributed by atoms with Crippen molar-refractivity contribution in [1.82, 2.24) is 9.88 Å². The van der Waals surface area contributed by atoms with Crippen molar-refractivity contribution < 1.29 is 17.9 Å². The molecule has 1 aromatic carbocycles. The summed E-state index contributed by atoms with van der Waals surface area (Å²) in [4.78, 5) is 18.6. The van der Waals surface area contributed by atoms with E-state index in [1.165, 1.54) is 11.3 Å². The van der Waals surface area contributed by atoms with Crippen molar-refractivity contribution >= 4 is 38.0 Å². The van der Waals surface area contributed by atoms with E-state index in [0.717, 1.165) is 15.8 Å². The van der Waals surface area contributed by atoms with Crippen LogP contribution in [0.3, 0.4) is 0 Å². The number of hydrogen-bond donors (Lipinski definition) is 1. The maximum atomic E-state index is 13.0. The molecule has 0 bridgehead atoms. The van der Waals surface area contributed by atoms with Gasteiger partial charge in [0, 0.05) is 34.9 Å². The predicted molar refractivity (Wildman–Crippen MR) is 106 cm³/mol. The van der Waals surface area contributed by atoms with Crippen molar-refractivity contribution in [3.63, 3.8) is 0 Å². The lowest BCUT2D eigenvalue weighted by atomic mass is 10.2. The Balaban J connectivity index is 1.58. The fraction of sp³-hybridized carbons (Fsp3) is 0.316. The molecule has 0 spiro atoms. The molecule has 1 aliphatic heterocycles. The van der Waals surface area contributed by atoms with Crippen molar-refractivity contribution in [2.75, 3.05) is 26.0 Å². The lowest BCUT2D eigenvalue weighted by Crippen LogP contribution is -2.33. The van der Waals surface area contributed by atoms with Crippen LogP contribution < -0.4 is 4.74 Å². The number of aromatic nitrogens is 1. The number of H-pyrrole nitrogens is 1. The first kappa shape index (κ1) is 18.1. The lowest BCUT2D eigenvalue weighted by molar-refractivity contribution is 0.0761. The number of aromatic amines is 1. The molecule has 1 aliphatic rings. The van der Waals surface area contributed by atoms with Crippen LogP contribution in [-0.2, 0) is 9.84 Å². The average Bonchev–Trinajstić information content (AvgIpc) is 3.29. The molecule has 142 valence electrons. The van der Waals surface area contributed by atoms with Gasteiger partial charge in [0.05, 0.1) is 18.1 Å². The van der Waals surface area contributed by atoms with Gasteiger partial charge in [0.25, 0.3) is 5.91 Å². The van der Waals surface area contributed by atoms with Crippen molar-refractivity contribution in [2.24, 2.45) is 0 Å². The van der Waals surface area contributed by atoms with E-state index in [0.29, 0.717) is 24.4 Å². The molecule has 1 N–H and O–H groups in total. The smallest absolute Gasteiger partial charge is 0.270 e. The van der Waals surface area contributed by atoms with E-state index in [-0.39, 0.29) is 18.2 Å². The number of carbonyl (C=O) groups is 1. The van der Waals surface area contributed by atoms with E-state index < -0.39 is 15.1 Å². The summed E-state index contributed by atoms with van der Waals surface area (Å²) < 4.78 is 30.5. The molecule has 8 heteroatoms. The van der Waals surface area contributed by atoms with Crippen molar-refractivity contribution in [3.8, 4) is 5.75 Å². The van der Waals surface area contributed by atoms with Gasteiger partial charge in [-0.25, -0.2) is 8.42 Å². The number of amides is 1. The number of hydrogen-bond acceptors (Lipinski definition) is 5. The highest BCUT2D eigenvalue weighted by Gasteiger charge is 2.33. The Morgan fingerprint density at radius 2 is 2.11 bits per heavy atom. The zero-order valence-corrected chi connectivity index (χ0v) is 16.5. The molecule has 1 fully saturated rings. The van der Waals surface area contributed by atoms with Crippen LogP contribution in [-0.4, -0.2) is 50.2 Å². The van der Waals surface area contributed by atoms with Crippen LogP contribution in [0.25, 0.3) is 10.9 Å². The Labute approximate surface area is 161 Å². The molecular weight excluding hydrogens is 384 g/mol. The number of nitrogens with one attached hydrogen (secondary N) is 1. The monoisotopic (exact) mass is 404 g/mol. The number of fused-ring (bicyclic) bond motifs is 1. The largest absolute Gasteiger partial charge is 0.497 e. The Kier molecular flexibility index (Phi) is 4.69. The van der Waals surface area contributed by atoms with Gasteiger partial charge < -0.3 is 14.6 Å². The molecule has 0 saturated carbocycles. The molecule has 1 saturated heterocycles. The number of nitrogens with zero attached hydrogens (tertiary/aromatic N) is 1. The van der Waals surface area contributed by atoms with E-state index in [4.69, 9.17) is 4.74 Å². The highest BCUT2D eigenvalue weighted by Crippen LogP contribution is 2.32. The number of carbonyl (C=O) groups excluding carboxylic acids is 1. The molecule has 2 aromatic heterocycles. The highest BCUT2D eigenvalue weighted by atomic mass is 32.2. The molecule has 27 heavy (non-hydrogen) atoms. The second-order valence-corrected chi connectivity index (χ2v) is 9.87. The van der Waals surface area contributed by atoms with Crippen molar-refractivity contribution in [3.05, 3.63) is 52.3 Å². The van der Waals surface area contributed by atoms with Gasteiger partial charge >= 0.3 is 0 Å². The Hall–Kier alpha value is -2.32. The maximum Gasteiger partial charge on any atom is 0.270 e. The van der Waals surface area contributed by atoms with E-state index >= 15 is 0 Å². The van der Waals surface area contributed by atoms with Gasteiger partial charge in [-0.1, -0.05) is 6.07 Å². The summed E-state index contributed by atoms with van der Waals surface area (Å²) in [5.41, 5.74) is 1.28. The van der Waals surface area contributed by atoms with Crippen LogP contribution in [0.5, 0.6) is 5.75 Å². The number of rotatable bonds is 3. The average molecular weight is 405 g/mol. The van der Waals surface area contributed by atoms with E-state index in [9.17, 15) is 13.2 Å². The van der Waals surface area contributed by atoms with Gasteiger partial charge in [-0.05, 0) is 36.1 Å². The summed E-state index contributed by atoms with van der Waals surface area (Å²) in [6.45, 7) is 0.626. The summed E-state index contributed by atoms with van der Waals surface area (Å²) >= 11 is 1.45. The normalized spacial score (nSPS) is 19.7. The number of ether oxygens (including phenoxy) is 1. The second kappa shape index (κ2) is 7.01. The predicted octanol–water partition coefficient (Wildman–Crippen LogP) is 3.24. The van der Waals surface area contributed by atoms with Gasteiger partial charge in [0.1, 0.15) is 11.4 Å². The molecule has 1 unspecified atom stereocenters. The topological polar surface area (TPSA) is 79.5 Å². The van der Waals surface area contributed by atoms with Crippen LogP contribution in [0.1, 0.15) is 27.0 Å². The van der Waals surface area contributed by atoms with E-state index in [2.05, 4.69) is 4.98 Å². The minimum Gasteiger partial charge on any atom is -0.497 e. The third kappa shape index (κ3) is 3.46. The van der Waals surface area contributed by atoms with Crippen LogP contribution in [0.15, 0.2) is 41.8 Å². The first-order valence-electron chi connectivity index (χ1n) is 8.69. The quantitative estimate of drug-likeness (QED) is 0.727. The van der Waals surface area contributed by atoms with Crippen molar-refractivity contribution in [1.29, 1.82) is 0 Å². The maximum absolute atomic E-state index is 13.0. The number of thiophene rings is 1. The zero-order valence-electron chi connectivity index (χ0n) is 14.8. The molecule has 6 nitrogen and oxygen atoms in total. The summed E-state index contributed by atoms with van der Waals surface area (Å²) in [6.07, 6.45) is 0.419. The molecule has 1 amide bonds. The Morgan fingerprint density at radius 1 is 1.26 bits per heavy atom. The van der Waals surface area contributed by atoms with Gasteiger partial charge in [-0.15, -0.1) is 11.3 Å². The standard InChI is InChI=1S/C19H20N2O4S2/c1-25-14-5-4-13-11-16(20-15(13)12-14)19(22)21-7-6-18(17-3-2-9-26-17)27(23,24)10-8-21/h2-5,9,11-12,18,20H,6-8,10H2,1H3. The lowest BCUT2D eigenvalue weighted by Gasteiger charge is -2.19. The molecular formula is C19H20N2O4S2. The van der Waals surface area contributed by atoms with Crippen LogP contribution in [0, 0.1) is 0 Å². The number of sulfone groups is 1. The SMILES string of the molecule is COc1ccc2cc(C(=O)N3CCC(c4cccs4)S(=O)(=O)CC3)[nH]c2c1. The summed E-state index contributed by atoms with van der Waals surface area (Å²) in [7, 11) is -1.68. The molecule has 3 aromatic rings. The van der Waals surface area contributed by atoms with Gasteiger partial charge in [0.2, 0.25) is 0 Å². The third-order valence-electron chi connectivity index (χ3n) is 4.95. The molecule has 0 aliphatic carbocycles. The summed E-state index contributed by atoms with van der Waals surface area (Å²) in [6, 6.07) is 11.1. The second-order valence-electron chi connectivity index (χ2n) is 6.59. The molecule has 1 atom stereocenters. The first-order valence-corrected chi connectivity index (χ1v) is 11.3. The fourth-order valence-corrected chi connectivity index (χ4v) is 6.46. The van der Waals surface area contributed by atoms with Gasteiger partial charge in [-0.3, -0.25) is 4.79 Å². The van der Waals surface area contributed by atoms with Crippen LogP contribution >= 0.6 is 11.3 Å². The summed E-state index contributed by atoms with van der Waals surface area (Å²) in [5.74, 6) is 0.519. The Bertz CT molecular complexity index is 1070. The third-order valence-corrected chi connectivity index (χ3v) is 8.19. The zero-order chi connectivity index (χ0) is 19.0. The summed E-state index contributed by atoms with van der Waals surface area (Å²) in [5, 5.41) is 2.28. The van der Waals surface area contributed by atoms with E-state index in [1.807, 2.05) is 35.7 Å². The highest BCUT2D eigenvalue weighted by molar-refractivity contribution is 7.91. The van der Waals surface area contributed by atoms with Crippen LogP contribution in [0.2, 0.25) is 0 Å². The molecule has 3 heterocycles. The van der Waals surface area contributed by atoms with E-state index in [1.54, 1.807) is 18.1 Å².